The molecule has 0 aromatic carbocycles. The first-order valence-corrected chi connectivity index (χ1v) is 8.51. The van der Waals surface area contributed by atoms with E-state index in [9.17, 15) is 0 Å². The molecule has 1 unspecified atom stereocenters. The quantitative estimate of drug-likeness (QED) is 0.721. The minimum Gasteiger partial charge on any atom is -0.494 e. The average molecular weight is 317 g/mol. The molecule has 1 aliphatic rings. The Morgan fingerprint density at radius 3 is 2.87 bits per heavy atom. The van der Waals surface area contributed by atoms with Crippen molar-refractivity contribution in [2.75, 3.05) is 20.8 Å². The summed E-state index contributed by atoms with van der Waals surface area (Å²) in [6.07, 6.45) is 8.80. The van der Waals surface area contributed by atoms with E-state index in [2.05, 4.69) is 28.0 Å². The van der Waals surface area contributed by atoms with Crippen LogP contribution < -0.4 is 10.1 Å². The van der Waals surface area contributed by atoms with Gasteiger partial charge in [0.25, 0.3) is 0 Å². The number of fused-ring (bicyclic) bond motifs is 1. The van der Waals surface area contributed by atoms with Crippen molar-refractivity contribution in [2.45, 2.75) is 51.2 Å². The van der Waals surface area contributed by atoms with Gasteiger partial charge in [-0.1, -0.05) is 0 Å². The number of pyridine rings is 1. The van der Waals surface area contributed by atoms with Crippen LogP contribution in [0.25, 0.3) is 11.0 Å². The Morgan fingerprint density at radius 1 is 1.35 bits per heavy atom. The van der Waals surface area contributed by atoms with E-state index in [-0.39, 0.29) is 0 Å². The highest BCUT2D eigenvalue weighted by atomic mass is 16.5. The summed E-state index contributed by atoms with van der Waals surface area (Å²) in [4.78, 5) is 4.64. The van der Waals surface area contributed by atoms with Crippen LogP contribution in [0, 0.1) is 0 Å². The maximum Gasteiger partial charge on any atom is 0.146 e. The summed E-state index contributed by atoms with van der Waals surface area (Å²) in [5.74, 6) is 0.895. The topological polar surface area (TPSA) is 48.3 Å². The minimum atomic E-state index is 0.310. The number of nitrogens with one attached hydrogen (secondary N) is 1. The monoisotopic (exact) mass is 317 g/mol. The summed E-state index contributed by atoms with van der Waals surface area (Å²) in [6, 6.07) is 2.93. The van der Waals surface area contributed by atoms with Gasteiger partial charge < -0.3 is 19.4 Å². The Hall–Kier alpha value is -1.59. The molecule has 23 heavy (non-hydrogen) atoms. The number of hydrogen-bond donors (Lipinski definition) is 1. The van der Waals surface area contributed by atoms with E-state index in [4.69, 9.17) is 9.47 Å². The van der Waals surface area contributed by atoms with E-state index in [0.29, 0.717) is 12.1 Å². The summed E-state index contributed by atoms with van der Waals surface area (Å²) in [6.45, 7) is 3.99. The van der Waals surface area contributed by atoms with Gasteiger partial charge in [0.15, 0.2) is 0 Å². The molecule has 1 atom stereocenters. The minimum absolute atomic E-state index is 0.310. The second-order valence-electron chi connectivity index (χ2n) is 6.35. The maximum absolute atomic E-state index is 5.58. The van der Waals surface area contributed by atoms with Gasteiger partial charge in [-0.2, -0.15) is 0 Å². The smallest absolute Gasteiger partial charge is 0.146 e. The lowest BCUT2D eigenvalue weighted by molar-refractivity contribution is 0.191. The molecule has 2 aromatic heterocycles. The second-order valence-corrected chi connectivity index (χ2v) is 6.35. The Bertz CT molecular complexity index is 649. The summed E-state index contributed by atoms with van der Waals surface area (Å²) >= 11 is 0. The highest BCUT2D eigenvalue weighted by Gasteiger charge is 2.25. The predicted molar refractivity (Wildman–Crippen MR) is 92.0 cm³/mol. The first-order chi connectivity index (χ1) is 11.2. The normalized spacial score (nSPS) is 16.0. The SMILES string of the molecule is COCCCCn1cc(C(C)NC2CC2)c2nccc(OC)c21. The third-order valence-corrected chi connectivity index (χ3v) is 4.49. The van der Waals surface area contributed by atoms with Crippen LogP contribution in [-0.4, -0.2) is 36.4 Å². The lowest BCUT2D eigenvalue weighted by Gasteiger charge is -2.11. The number of unbranched alkanes of at least 4 members (excludes halogenated alkanes) is 1. The van der Waals surface area contributed by atoms with Gasteiger partial charge in [-0.25, -0.2) is 0 Å². The number of aromatic nitrogens is 2. The number of hydrogen-bond acceptors (Lipinski definition) is 4. The Morgan fingerprint density at radius 2 is 2.17 bits per heavy atom. The fraction of sp³-hybridized carbons (Fsp3) is 0.611. The summed E-state index contributed by atoms with van der Waals surface area (Å²) in [5, 5.41) is 3.68. The molecule has 126 valence electrons. The molecule has 0 radical (unpaired) electrons. The molecule has 2 heterocycles. The van der Waals surface area contributed by atoms with Gasteiger partial charge in [-0.3, -0.25) is 4.98 Å². The molecule has 0 bridgehead atoms. The van der Waals surface area contributed by atoms with Gasteiger partial charge in [0.1, 0.15) is 11.3 Å². The summed E-state index contributed by atoms with van der Waals surface area (Å²) in [7, 11) is 3.48. The zero-order valence-corrected chi connectivity index (χ0v) is 14.3. The van der Waals surface area contributed by atoms with Crippen molar-refractivity contribution in [3.8, 4) is 5.75 Å². The van der Waals surface area contributed by atoms with Crippen LogP contribution in [0.2, 0.25) is 0 Å². The molecular formula is C18H27N3O2. The number of aryl methyl sites for hydroxylation is 1. The molecule has 0 spiro atoms. The second kappa shape index (κ2) is 7.32. The van der Waals surface area contributed by atoms with Crippen molar-refractivity contribution >= 4 is 11.0 Å². The van der Waals surface area contributed by atoms with Crippen LogP contribution in [-0.2, 0) is 11.3 Å². The third kappa shape index (κ3) is 3.67. The van der Waals surface area contributed by atoms with Crippen LogP contribution >= 0.6 is 0 Å². The van der Waals surface area contributed by atoms with Gasteiger partial charge >= 0.3 is 0 Å². The molecule has 1 N–H and O–H groups in total. The van der Waals surface area contributed by atoms with E-state index in [1.165, 1.54) is 18.4 Å². The van der Waals surface area contributed by atoms with Crippen LogP contribution in [0.15, 0.2) is 18.5 Å². The largest absolute Gasteiger partial charge is 0.494 e. The van der Waals surface area contributed by atoms with Crippen LogP contribution in [0.1, 0.15) is 44.2 Å². The molecule has 5 nitrogen and oxygen atoms in total. The predicted octanol–water partition coefficient (Wildman–Crippen LogP) is 3.28. The average Bonchev–Trinajstić information content (AvgIpc) is 3.30. The van der Waals surface area contributed by atoms with Crippen molar-refractivity contribution < 1.29 is 9.47 Å². The first kappa shape index (κ1) is 16.3. The molecule has 2 aromatic rings. The summed E-state index contributed by atoms with van der Waals surface area (Å²) < 4.78 is 13.0. The van der Waals surface area contributed by atoms with Gasteiger partial charge in [-0.15, -0.1) is 0 Å². The number of ether oxygens (including phenoxy) is 2. The fourth-order valence-electron chi connectivity index (χ4n) is 3.10. The zero-order valence-electron chi connectivity index (χ0n) is 14.3. The molecule has 1 fully saturated rings. The van der Waals surface area contributed by atoms with Crippen LogP contribution in [0.4, 0.5) is 0 Å². The molecule has 1 saturated carbocycles. The fourth-order valence-corrected chi connectivity index (χ4v) is 3.10. The third-order valence-electron chi connectivity index (χ3n) is 4.49. The molecule has 3 rings (SSSR count). The number of methoxy groups -OCH3 is 2. The lowest BCUT2D eigenvalue weighted by atomic mass is 10.1. The molecule has 1 aliphatic carbocycles. The van der Waals surface area contributed by atoms with E-state index >= 15 is 0 Å². The Kier molecular flexibility index (Phi) is 5.18. The van der Waals surface area contributed by atoms with Gasteiger partial charge in [0.05, 0.1) is 12.6 Å². The maximum atomic E-state index is 5.58. The Labute approximate surface area is 138 Å². The van der Waals surface area contributed by atoms with E-state index < -0.39 is 0 Å². The van der Waals surface area contributed by atoms with Crippen molar-refractivity contribution in [1.29, 1.82) is 0 Å². The van der Waals surface area contributed by atoms with Crippen LogP contribution in [0.3, 0.4) is 0 Å². The zero-order chi connectivity index (χ0) is 16.2. The lowest BCUT2D eigenvalue weighted by Crippen LogP contribution is -2.20. The van der Waals surface area contributed by atoms with Crippen molar-refractivity contribution in [3.05, 3.63) is 24.0 Å². The molecular weight excluding hydrogens is 290 g/mol. The van der Waals surface area contributed by atoms with Crippen molar-refractivity contribution in [3.63, 3.8) is 0 Å². The highest BCUT2D eigenvalue weighted by molar-refractivity contribution is 5.85. The molecule has 0 aliphatic heterocycles. The molecule has 0 saturated heterocycles. The highest BCUT2D eigenvalue weighted by Crippen LogP contribution is 2.33. The van der Waals surface area contributed by atoms with E-state index in [1.54, 1.807) is 14.2 Å². The van der Waals surface area contributed by atoms with Gasteiger partial charge in [-0.05, 0) is 32.6 Å². The number of nitrogens with zero attached hydrogens (tertiary/aromatic N) is 2. The standard InChI is InChI=1S/C18H27N3O2/c1-13(20-14-6-7-14)15-12-21(10-4-5-11-22-2)18-16(23-3)8-9-19-17(15)18/h8-9,12-14,20H,4-7,10-11H2,1-3H3. The summed E-state index contributed by atoms with van der Waals surface area (Å²) in [5.41, 5.74) is 3.42. The molecule has 5 heteroatoms. The van der Waals surface area contributed by atoms with Crippen molar-refractivity contribution in [1.82, 2.24) is 14.9 Å². The van der Waals surface area contributed by atoms with E-state index in [1.807, 2.05) is 12.3 Å². The first-order valence-electron chi connectivity index (χ1n) is 8.51. The molecule has 0 amide bonds. The van der Waals surface area contributed by atoms with E-state index in [0.717, 1.165) is 42.8 Å². The van der Waals surface area contributed by atoms with Gasteiger partial charge in [0, 0.05) is 56.4 Å². The van der Waals surface area contributed by atoms with Crippen molar-refractivity contribution in [2.24, 2.45) is 0 Å². The Balaban J connectivity index is 1.89. The number of rotatable bonds is 9. The van der Waals surface area contributed by atoms with Gasteiger partial charge in [0.2, 0.25) is 0 Å². The van der Waals surface area contributed by atoms with Crippen LogP contribution in [0.5, 0.6) is 5.75 Å².